The van der Waals surface area contributed by atoms with Crippen LogP contribution in [0.15, 0.2) is 24.3 Å². The Morgan fingerprint density at radius 3 is 2.64 bits per heavy atom. The zero-order valence-corrected chi connectivity index (χ0v) is 13.3. The number of para-hydroxylation sites is 1. The largest absolute Gasteiger partial charge is 0.465 e. The van der Waals surface area contributed by atoms with Gasteiger partial charge in [-0.05, 0) is 30.9 Å². The zero-order chi connectivity index (χ0) is 15.9. The minimum absolute atomic E-state index is 0.176. The van der Waals surface area contributed by atoms with E-state index in [9.17, 15) is 9.59 Å². The molecule has 2 rings (SSSR count). The van der Waals surface area contributed by atoms with Gasteiger partial charge in [-0.2, -0.15) is 0 Å². The number of piperidine rings is 1. The number of nitrogens with one attached hydrogen (secondary N) is 1. The Kier molecular flexibility index (Phi) is 5.81. The molecule has 120 valence electrons. The highest BCUT2D eigenvalue weighted by molar-refractivity contribution is 5.95. The molecule has 1 amide bonds. The van der Waals surface area contributed by atoms with Crippen molar-refractivity contribution in [3.8, 4) is 0 Å². The highest BCUT2D eigenvalue weighted by atomic mass is 16.5. The summed E-state index contributed by atoms with van der Waals surface area (Å²) in [6, 6.07) is 7.17. The SMILES string of the molecule is COC(=O)c1ccccc1NCCC(=O)N1CCC(C)CC1. The van der Waals surface area contributed by atoms with E-state index in [2.05, 4.69) is 12.2 Å². The fourth-order valence-corrected chi connectivity index (χ4v) is 2.65. The third-order valence-electron chi connectivity index (χ3n) is 4.12. The van der Waals surface area contributed by atoms with Crippen molar-refractivity contribution >= 4 is 17.6 Å². The van der Waals surface area contributed by atoms with Crippen molar-refractivity contribution in [1.82, 2.24) is 4.90 Å². The summed E-state index contributed by atoms with van der Waals surface area (Å²) in [5.41, 5.74) is 1.19. The van der Waals surface area contributed by atoms with Crippen LogP contribution in [0.2, 0.25) is 0 Å². The number of nitrogens with zero attached hydrogens (tertiary/aromatic N) is 1. The van der Waals surface area contributed by atoms with Crippen molar-refractivity contribution in [2.75, 3.05) is 32.1 Å². The van der Waals surface area contributed by atoms with Gasteiger partial charge in [-0.3, -0.25) is 4.79 Å². The molecule has 1 saturated heterocycles. The zero-order valence-electron chi connectivity index (χ0n) is 13.3. The van der Waals surface area contributed by atoms with Crippen molar-refractivity contribution in [1.29, 1.82) is 0 Å². The standard InChI is InChI=1S/C17H24N2O3/c1-13-8-11-19(12-9-13)16(20)7-10-18-15-6-4-3-5-14(15)17(21)22-2/h3-6,13,18H,7-12H2,1-2H3. The molecule has 5 nitrogen and oxygen atoms in total. The minimum atomic E-state index is -0.376. The molecule has 0 radical (unpaired) electrons. The summed E-state index contributed by atoms with van der Waals surface area (Å²) in [7, 11) is 1.36. The molecule has 1 aliphatic heterocycles. The van der Waals surface area contributed by atoms with Gasteiger partial charge in [-0.25, -0.2) is 4.79 Å². The van der Waals surface area contributed by atoms with E-state index in [4.69, 9.17) is 4.74 Å². The number of carbonyl (C=O) groups is 2. The van der Waals surface area contributed by atoms with Gasteiger partial charge in [0, 0.05) is 31.7 Å². The minimum Gasteiger partial charge on any atom is -0.465 e. The molecule has 1 aromatic rings. The van der Waals surface area contributed by atoms with Gasteiger partial charge in [0.15, 0.2) is 0 Å². The number of benzene rings is 1. The smallest absolute Gasteiger partial charge is 0.339 e. The van der Waals surface area contributed by atoms with Crippen LogP contribution in [-0.4, -0.2) is 43.5 Å². The Labute approximate surface area is 131 Å². The molecule has 0 bridgehead atoms. The van der Waals surface area contributed by atoms with E-state index in [1.807, 2.05) is 17.0 Å². The number of methoxy groups -OCH3 is 1. The first-order valence-corrected chi connectivity index (χ1v) is 7.80. The number of rotatable bonds is 5. The lowest BCUT2D eigenvalue weighted by Gasteiger charge is -2.30. The van der Waals surface area contributed by atoms with E-state index < -0.39 is 0 Å². The number of esters is 1. The Morgan fingerprint density at radius 1 is 1.27 bits per heavy atom. The predicted molar refractivity (Wildman–Crippen MR) is 85.9 cm³/mol. The van der Waals surface area contributed by atoms with E-state index in [1.165, 1.54) is 7.11 Å². The van der Waals surface area contributed by atoms with Crippen LogP contribution < -0.4 is 5.32 Å². The van der Waals surface area contributed by atoms with Crippen LogP contribution in [-0.2, 0) is 9.53 Å². The molecule has 1 aliphatic rings. The van der Waals surface area contributed by atoms with Gasteiger partial charge in [0.25, 0.3) is 0 Å². The van der Waals surface area contributed by atoms with E-state index in [-0.39, 0.29) is 11.9 Å². The second-order valence-electron chi connectivity index (χ2n) is 5.78. The van der Waals surface area contributed by atoms with Crippen LogP contribution in [0.3, 0.4) is 0 Å². The second kappa shape index (κ2) is 7.82. The summed E-state index contributed by atoms with van der Waals surface area (Å²) < 4.78 is 4.76. The summed E-state index contributed by atoms with van der Waals surface area (Å²) >= 11 is 0. The van der Waals surface area contributed by atoms with Gasteiger partial charge >= 0.3 is 5.97 Å². The van der Waals surface area contributed by atoms with E-state index >= 15 is 0 Å². The number of amides is 1. The molecule has 0 spiro atoms. The van der Waals surface area contributed by atoms with Crippen LogP contribution in [0.1, 0.15) is 36.5 Å². The van der Waals surface area contributed by atoms with Gasteiger partial charge in [0.2, 0.25) is 5.91 Å². The number of anilines is 1. The van der Waals surface area contributed by atoms with Gasteiger partial charge in [-0.1, -0.05) is 19.1 Å². The molecule has 0 aromatic heterocycles. The molecule has 0 atom stereocenters. The molecule has 1 fully saturated rings. The van der Waals surface area contributed by atoms with Gasteiger partial charge in [0.1, 0.15) is 0 Å². The Hall–Kier alpha value is -2.04. The fraction of sp³-hybridized carbons (Fsp3) is 0.529. The van der Waals surface area contributed by atoms with Crippen molar-refractivity contribution in [2.24, 2.45) is 5.92 Å². The topological polar surface area (TPSA) is 58.6 Å². The molecule has 22 heavy (non-hydrogen) atoms. The Morgan fingerprint density at radius 2 is 1.95 bits per heavy atom. The van der Waals surface area contributed by atoms with Crippen LogP contribution >= 0.6 is 0 Å². The first kappa shape index (κ1) is 16.3. The number of carbonyl (C=O) groups excluding carboxylic acids is 2. The second-order valence-corrected chi connectivity index (χ2v) is 5.78. The fourth-order valence-electron chi connectivity index (χ4n) is 2.65. The maximum Gasteiger partial charge on any atom is 0.339 e. The quantitative estimate of drug-likeness (QED) is 0.849. The van der Waals surface area contributed by atoms with E-state index in [0.29, 0.717) is 30.1 Å². The van der Waals surface area contributed by atoms with E-state index in [1.54, 1.807) is 12.1 Å². The molecule has 0 unspecified atom stereocenters. The molecule has 0 saturated carbocycles. The average Bonchev–Trinajstić information content (AvgIpc) is 2.55. The monoisotopic (exact) mass is 304 g/mol. The summed E-state index contributed by atoms with van der Waals surface area (Å²) in [5, 5.41) is 3.16. The third-order valence-corrected chi connectivity index (χ3v) is 4.12. The lowest BCUT2D eigenvalue weighted by atomic mass is 9.99. The molecule has 1 aromatic carbocycles. The van der Waals surface area contributed by atoms with Crippen molar-refractivity contribution in [3.05, 3.63) is 29.8 Å². The number of hydrogen-bond acceptors (Lipinski definition) is 4. The van der Waals surface area contributed by atoms with E-state index in [0.717, 1.165) is 25.9 Å². The maximum atomic E-state index is 12.2. The van der Waals surface area contributed by atoms with Crippen molar-refractivity contribution < 1.29 is 14.3 Å². The Bertz CT molecular complexity index is 522. The summed E-state index contributed by atoms with van der Waals surface area (Å²) in [6.07, 6.45) is 2.61. The summed E-state index contributed by atoms with van der Waals surface area (Å²) in [6.45, 7) is 4.46. The Balaban J connectivity index is 1.84. The van der Waals surface area contributed by atoms with Crippen LogP contribution in [0.5, 0.6) is 0 Å². The highest BCUT2D eigenvalue weighted by Crippen LogP contribution is 2.18. The molecule has 1 heterocycles. The van der Waals surface area contributed by atoms with Crippen molar-refractivity contribution in [2.45, 2.75) is 26.2 Å². The number of hydrogen-bond donors (Lipinski definition) is 1. The maximum absolute atomic E-state index is 12.2. The van der Waals surface area contributed by atoms with Crippen LogP contribution in [0.4, 0.5) is 5.69 Å². The number of ether oxygens (including phenoxy) is 1. The first-order valence-electron chi connectivity index (χ1n) is 7.80. The van der Waals surface area contributed by atoms with Crippen LogP contribution in [0, 0.1) is 5.92 Å². The summed E-state index contributed by atoms with van der Waals surface area (Å²) in [4.78, 5) is 25.8. The van der Waals surface area contributed by atoms with Gasteiger partial charge in [0.05, 0.1) is 12.7 Å². The molecule has 0 aliphatic carbocycles. The van der Waals surface area contributed by atoms with Gasteiger partial charge < -0.3 is 15.0 Å². The predicted octanol–water partition coefficient (Wildman–Crippen LogP) is 2.53. The molecular formula is C17H24N2O3. The molecule has 5 heteroatoms. The lowest BCUT2D eigenvalue weighted by molar-refractivity contribution is -0.132. The normalized spacial score (nSPS) is 15.5. The third kappa shape index (κ3) is 4.23. The summed E-state index contributed by atoms with van der Waals surface area (Å²) in [5.74, 6) is 0.517. The first-order chi connectivity index (χ1) is 10.6. The number of likely N-dealkylation sites (tertiary alicyclic amines) is 1. The molecular weight excluding hydrogens is 280 g/mol. The van der Waals surface area contributed by atoms with Crippen LogP contribution in [0.25, 0.3) is 0 Å². The lowest BCUT2D eigenvalue weighted by Crippen LogP contribution is -2.38. The highest BCUT2D eigenvalue weighted by Gasteiger charge is 2.20. The molecule has 1 N–H and O–H groups in total. The average molecular weight is 304 g/mol. The van der Waals surface area contributed by atoms with Gasteiger partial charge in [-0.15, -0.1) is 0 Å². The van der Waals surface area contributed by atoms with Crippen molar-refractivity contribution in [3.63, 3.8) is 0 Å².